The largest absolute Gasteiger partial charge is 0.503 e. The zero-order valence-corrected chi connectivity index (χ0v) is 21.8. The Bertz CT molecular complexity index is 1380. The van der Waals surface area contributed by atoms with Crippen LogP contribution in [-0.2, 0) is 16.0 Å². The van der Waals surface area contributed by atoms with Crippen LogP contribution in [0.4, 0.5) is 0 Å². The van der Waals surface area contributed by atoms with Crippen molar-refractivity contribution >= 4 is 41.0 Å². The van der Waals surface area contributed by atoms with Gasteiger partial charge in [0.15, 0.2) is 23.0 Å². The van der Waals surface area contributed by atoms with E-state index in [1.54, 1.807) is 44.6 Å². The summed E-state index contributed by atoms with van der Waals surface area (Å²) in [6.07, 6.45) is 3.42. The second-order valence-corrected chi connectivity index (χ2v) is 9.22. The fourth-order valence-electron chi connectivity index (χ4n) is 4.29. The highest BCUT2D eigenvalue weighted by molar-refractivity contribution is 6.35. The smallest absolute Gasteiger partial charge is 0.290 e. The number of ketones is 1. The number of methoxy groups -OCH3 is 2. The number of carbonyl (C=O) groups is 2. The molecule has 3 aromatic rings. The third-order valence-corrected chi connectivity index (χ3v) is 6.70. The maximum Gasteiger partial charge on any atom is 0.290 e. The van der Waals surface area contributed by atoms with E-state index in [1.807, 2.05) is 42.5 Å². The third kappa shape index (κ3) is 5.66. The number of nitrogens with zero attached hydrogens (tertiary/aromatic N) is 1. The summed E-state index contributed by atoms with van der Waals surface area (Å²) in [4.78, 5) is 28.0. The first-order valence-corrected chi connectivity index (χ1v) is 12.3. The third-order valence-electron chi connectivity index (χ3n) is 6.14. The SMILES string of the molecule is COc1ccc(CCN2C(=O)C(O)=C(C(=O)/C=C/c3ccccc3)[C@@H]2c2ccc(Cl)cc2Cl)cc1OC. The molecule has 1 heterocycles. The number of ether oxygens (including phenoxy) is 2. The van der Waals surface area contributed by atoms with Crippen molar-refractivity contribution in [3.05, 3.63) is 111 Å². The normalized spacial score (nSPS) is 15.5. The molecular weight excluding hydrogens is 513 g/mol. The minimum atomic E-state index is -0.884. The van der Waals surface area contributed by atoms with E-state index < -0.39 is 23.5 Å². The molecule has 0 saturated carbocycles. The molecule has 6 nitrogen and oxygen atoms in total. The predicted molar refractivity (Wildman–Crippen MR) is 144 cm³/mol. The van der Waals surface area contributed by atoms with Gasteiger partial charge in [-0.15, -0.1) is 0 Å². The summed E-state index contributed by atoms with van der Waals surface area (Å²) < 4.78 is 10.7. The van der Waals surface area contributed by atoms with Crippen LogP contribution in [0.5, 0.6) is 11.5 Å². The first-order chi connectivity index (χ1) is 17.8. The van der Waals surface area contributed by atoms with Crippen molar-refractivity contribution in [1.82, 2.24) is 4.90 Å². The van der Waals surface area contributed by atoms with Crippen LogP contribution in [0.25, 0.3) is 6.08 Å². The number of aliphatic hydroxyl groups excluding tert-OH is 1. The monoisotopic (exact) mass is 537 g/mol. The summed E-state index contributed by atoms with van der Waals surface area (Å²) in [6, 6.07) is 18.7. The van der Waals surface area contributed by atoms with E-state index in [4.69, 9.17) is 32.7 Å². The number of hydrogen-bond acceptors (Lipinski definition) is 5. The molecule has 1 amide bonds. The summed E-state index contributed by atoms with van der Waals surface area (Å²) >= 11 is 12.6. The molecule has 8 heteroatoms. The van der Waals surface area contributed by atoms with Crippen molar-refractivity contribution in [1.29, 1.82) is 0 Å². The molecule has 0 unspecified atom stereocenters. The van der Waals surface area contributed by atoms with Crippen LogP contribution in [0.3, 0.4) is 0 Å². The number of rotatable bonds is 9. The zero-order chi connectivity index (χ0) is 26.5. The average Bonchev–Trinajstić information content (AvgIpc) is 3.15. The number of allylic oxidation sites excluding steroid dienone is 1. The molecule has 190 valence electrons. The van der Waals surface area contributed by atoms with E-state index in [0.29, 0.717) is 28.5 Å². The molecule has 4 rings (SSSR count). The van der Waals surface area contributed by atoms with Gasteiger partial charge in [0.05, 0.1) is 25.8 Å². The molecule has 1 N–H and O–H groups in total. The van der Waals surface area contributed by atoms with Gasteiger partial charge in [0.2, 0.25) is 0 Å². The lowest BCUT2D eigenvalue weighted by Crippen LogP contribution is -2.33. The minimum Gasteiger partial charge on any atom is -0.503 e. The van der Waals surface area contributed by atoms with Crippen LogP contribution in [-0.4, -0.2) is 42.5 Å². The first-order valence-electron chi connectivity index (χ1n) is 11.5. The Labute approximate surface area is 225 Å². The van der Waals surface area contributed by atoms with E-state index >= 15 is 0 Å². The van der Waals surface area contributed by atoms with Crippen LogP contribution >= 0.6 is 23.2 Å². The van der Waals surface area contributed by atoms with Gasteiger partial charge in [-0.05, 0) is 53.5 Å². The highest BCUT2D eigenvalue weighted by Gasteiger charge is 2.43. The average molecular weight is 538 g/mol. The predicted octanol–water partition coefficient (Wildman–Crippen LogP) is 6.23. The Kier molecular flexibility index (Phi) is 8.21. The minimum absolute atomic E-state index is 0.0336. The molecule has 0 aromatic heterocycles. The molecule has 0 aliphatic carbocycles. The number of halogens is 2. The summed E-state index contributed by atoms with van der Waals surface area (Å²) in [6.45, 7) is 0.210. The molecule has 1 aliphatic heterocycles. The Morgan fingerprint density at radius 2 is 1.73 bits per heavy atom. The van der Waals surface area contributed by atoms with E-state index in [2.05, 4.69) is 0 Å². The van der Waals surface area contributed by atoms with Gasteiger partial charge in [0.25, 0.3) is 5.91 Å². The summed E-state index contributed by atoms with van der Waals surface area (Å²) in [5, 5.41) is 11.6. The Balaban J connectivity index is 1.68. The number of hydrogen-bond donors (Lipinski definition) is 1. The van der Waals surface area contributed by atoms with Crippen LogP contribution < -0.4 is 9.47 Å². The molecule has 3 aromatic carbocycles. The fourth-order valence-corrected chi connectivity index (χ4v) is 4.81. The van der Waals surface area contributed by atoms with Crippen LogP contribution in [0.1, 0.15) is 22.7 Å². The van der Waals surface area contributed by atoms with E-state index in [9.17, 15) is 14.7 Å². The first kappa shape index (κ1) is 26.3. The number of carbonyl (C=O) groups excluding carboxylic acids is 2. The molecule has 0 fully saturated rings. The van der Waals surface area contributed by atoms with Gasteiger partial charge in [0, 0.05) is 16.6 Å². The molecular formula is C29H25Cl2NO5. The standard InChI is InChI=1S/C29H25Cl2NO5/c1-36-24-13-9-19(16-25(24)37-2)14-15-32-27(21-11-10-20(30)17-22(21)31)26(28(34)29(32)35)23(33)12-8-18-6-4-3-5-7-18/h3-13,16-17,27,34H,14-15H2,1-2H3/b12-8+/t27-/m0/s1. The van der Waals surface area contributed by atoms with Gasteiger partial charge in [0.1, 0.15) is 0 Å². The van der Waals surface area contributed by atoms with Crippen molar-refractivity contribution in [3.63, 3.8) is 0 Å². The molecule has 1 atom stereocenters. The van der Waals surface area contributed by atoms with Crippen LogP contribution in [0.15, 0.2) is 84.1 Å². The highest BCUT2D eigenvalue weighted by atomic mass is 35.5. The van der Waals surface area contributed by atoms with Crippen LogP contribution in [0, 0.1) is 0 Å². The number of amides is 1. The van der Waals surface area contributed by atoms with Gasteiger partial charge < -0.3 is 19.5 Å². The lowest BCUT2D eigenvalue weighted by atomic mass is 9.95. The quantitative estimate of drug-likeness (QED) is 0.327. The van der Waals surface area contributed by atoms with Crippen molar-refractivity contribution in [3.8, 4) is 11.5 Å². The molecule has 0 saturated heterocycles. The van der Waals surface area contributed by atoms with Crippen molar-refractivity contribution in [2.75, 3.05) is 20.8 Å². The highest BCUT2D eigenvalue weighted by Crippen LogP contribution is 2.41. The lowest BCUT2D eigenvalue weighted by molar-refractivity contribution is -0.129. The van der Waals surface area contributed by atoms with Crippen molar-refractivity contribution in [2.45, 2.75) is 12.5 Å². The van der Waals surface area contributed by atoms with E-state index in [1.165, 1.54) is 11.0 Å². The Morgan fingerprint density at radius 1 is 1.00 bits per heavy atom. The Morgan fingerprint density at radius 3 is 2.41 bits per heavy atom. The maximum atomic E-state index is 13.3. The van der Waals surface area contributed by atoms with Crippen LogP contribution in [0.2, 0.25) is 10.0 Å². The summed E-state index contributed by atoms with van der Waals surface area (Å²) in [5.74, 6) is -0.571. The van der Waals surface area contributed by atoms with Gasteiger partial charge in [-0.25, -0.2) is 0 Å². The number of benzene rings is 3. The van der Waals surface area contributed by atoms with E-state index in [0.717, 1.165) is 11.1 Å². The topological polar surface area (TPSA) is 76.1 Å². The summed E-state index contributed by atoms with van der Waals surface area (Å²) in [7, 11) is 3.10. The molecule has 1 aliphatic rings. The van der Waals surface area contributed by atoms with Gasteiger partial charge in [-0.2, -0.15) is 0 Å². The Hall–Kier alpha value is -3.74. The van der Waals surface area contributed by atoms with Crippen molar-refractivity contribution in [2.24, 2.45) is 0 Å². The molecule has 0 bridgehead atoms. The number of aliphatic hydroxyl groups is 1. The second-order valence-electron chi connectivity index (χ2n) is 8.38. The maximum absolute atomic E-state index is 13.3. The van der Waals surface area contributed by atoms with Crippen molar-refractivity contribution < 1.29 is 24.2 Å². The lowest BCUT2D eigenvalue weighted by Gasteiger charge is -2.27. The van der Waals surface area contributed by atoms with Gasteiger partial charge in [-0.1, -0.05) is 71.7 Å². The second kappa shape index (κ2) is 11.5. The fraction of sp³-hybridized carbons (Fsp3) is 0.172. The summed E-state index contributed by atoms with van der Waals surface area (Å²) in [5.41, 5.74) is 2.15. The van der Waals surface area contributed by atoms with E-state index in [-0.39, 0.29) is 17.1 Å². The van der Waals surface area contributed by atoms with Gasteiger partial charge >= 0.3 is 0 Å². The molecule has 0 spiro atoms. The molecule has 37 heavy (non-hydrogen) atoms. The zero-order valence-electron chi connectivity index (χ0n) is 20.3. The van der Waals surface area contributed by atoms with Gasteiger partial charge in [-0.3, -0.25) is 9.59 Å². The molecule has 0 radical (unpaired) electrons.